The zero-order valence-electron chi connectivity index (χ0n) is 1.47. The Morgan fingerprint density at radius 3 is 1.25 bits per heavy atom. The summed E-state index contributed by atoms with van der Waals surface area (Å²) in [4.78, 5) is 0. The van der Waals surface area contributed by atoms with Crippen LogP contribution >= 0.6 is 28.3 Å². The first-order valence-corrected chi connectivity index (χ1v) is 5.76. The molecule has 0 bridgehead atoms. The summed E-state index contributed by atoms with van der Waals surface area (Å²) in [5.41, 5.74) is 0. The first-order valence-electron chi connectivity index (χ1n) is 0.269. The second kappa shape index (κ2) is 20.1. The van der Waals surface area contributed by atoms with Gasteiger partial charge in [-0.05, 0) is 0 Å². The van der Waals surface area contributed by atoms with Crippen molar-refractivity contribution in [3.63, 3.8) is 0 Å². The van der Waals surface area contributed by atoms with Crippen LogP contribution in [0.5, 0.6) is 0 Å². The molecular weight excluding hydrogens is 274 g/mol. The van der Waals surface area contributed by atoms with Gasteiger partial charge in [0.25, 0.3) is 0 Å². The third kappa shape index (κ3) is 9.01. The van der Waals surface area contributed by atoms with E-state index in [1.54, 1.807) is 0 Å². The van der Waals surface area contributed by atoms with E-state index in [9.17, 15) is 0 Å². The maximum atomic E-state index is 3.38. The summed E-state index contributed by atoms with van der Waals surface area (Å²) in [7, 11) is 0. The van der Waals surface area contributed by atoms with Crippen LogP contribution in [-0.2, 0) is 28.2 Å². The fourth-order valence-electron chi connectivity index (χ4n) is 0. The van der Waals surface area contributed by atoms with Gasteiger partial charge in [-0.2, -0.15) is 0 Å². The van der Waals surface area contributed by atoms with Gasteiger partial charge in [0.15, 0.2) is 0 Å². The summed E-state index contributed by atoms with van der Waals surface area (Å²) in [5, 5.41) is 0. The van der Waals surface area contributed by atoms with Crippen molar-refractivity contribution in [1.82, 2.24) is 0 Å². The van der Waals surface area contributed by atoms with Gasteiger partial charge in [-0.15, -0.1) is 0 Å². The second-order valence-electron chi connectivity index (χ2n) is 0. The van der Waals surface area contributed by atoms with Gasteiger partial charge >= 0.3 is 56.4 Å². The molecule has 0 aromatic carbocycles. The molecule has 0 aromatic rings. The van der Waals surface area contributed by atoms with Gasteiger partial charge in [-0.3, -0.25) is 0 Å². The normalized spacial score (nSPS) is 3.25. The molecular formula is Br2CoMn. The third-order valence-electron chi connectivity index (χ3n) is 0. The molecule has 4 heteroatoms. The summed E-state index contributed by atoms with van der Waals surface area (Å²) >= 11 is 11.5. The maximum absolute atomic E-state index is 3.38. The molecule has 0 unspecified atom stereocenters. The van der Waals surface area contributed by atoms with Crippen molar-refractivity contribution in [2.75, 3.05) is 0 Å². The van der Waals surface area contributed by atoms with Crippen molar-refractivity contribution in [3.8, 4) is 0 Å². The molecule has 0 N–H and O–H groups in total. The first kappa shape index (κ1) is 9.37. The average molecular weight is 274 g/mol. The van der Waals surface area contributed by atoms with E-state index in [1.807, 2.05) is 0 Å². The standard InChI is InChI=1S/2BrH.Co.Mn/h2*1H;;/q;;2*+1/p-2. The average Bonchev–Trinajstić information content (AvgIpc) is 1.50. The predicted molar refractivity (Wildman–Crippen MR) is 17.9 cm³/mol. The summed E-state index contributed by atoms with van der Waals surface area (Å²) in [6.07, 6.45) is 0. The van der Waals surface area contributed by atoms with Gasteiger partial charge in [0, 0.05) is 0 Å². The Kier molecular flexibility index (Phi) is 47.0. The van der Waals surface area contributed by atoms with Crippen molar-refractivity contribution in [1.29, 1.82) is 0 Å². The number of rotatable bonds is 0. The van der Waals surface area contributed by atoms with Crippen LogP contribution < -0.4 is 0 Å². The molecule has 0 heterocycles. The molecule has 0 aliphatic rings. The van der Waals surface area contributed by atoms with E-state index < -0.39 is 0 Å². The molecule has 30 valence electrons. The molecule has 0 rings (SSSR count). The minimum atomic E-state index is 2.62. The molecule has 0 saturated heterocycles. The van der Waals surface area contributed by atoms with Crippen LogP contribution in [0, 0.1) is 0 Å². The number of hydrogen-bond donors (Lipinski definition) is 0. The minimum absolute atomic E-state index is 2.62. The van der Waals surface area contributed by atoms with E-state index in [1.165, 1.54) is 0 Å². The summed E-state index contributed by atoms with van der Waals surface area (Å²) < 4.78 is 0. The Hall–Kier alpha value is 1.99. The van der Waals surface area contributed by atoms with Crippen LogP contribution in [0.2, 0.25) is 0 Å². The van der Waals surface area contributed by atoms with Crippen molar-refractivity contribution in [2.24, 2.45) is 0 Å². The fourth-order valence-corrected chi connectivity index (χ4v) is 0. The molecule has 0 fully saturated rings. The molecule has 0 nitrogen and oxygen atoms in total. The van der Waals surface area contributed by atoms with Gasteiger partial charge in [0.2, 0.25) is 0 Å². The molecule has 0 spiro atoms. The van der Waals surface area contributed by atoms with E-state index >= 15 is 0 Å². The van der Waals surface area contributed by atoms with Crippen molar-refractivity contribution in [3.05, 3.63) is 0 Å². The monoisotopic (exact) mass is 272 g/mol. The van der Waals surface area contributed by atoms with Crippen LogP contribution in [0.25, 0.3) is 0 Å². The van der Waals surface area contributed by atoms with Crippen LogP contribution in [0.15, 0.2) is 0 Å². The van der Waals surface area contributed by atoms with Gasteiger partial charge in [-0.1, -0.05) is 0 Å². The summed E-state index contributed by atoms with van der Waals surface area (Å²) in [5.74, 6) is 0. The van der Waals surface area contributed by atoms with E-state index in [2.05, 4.69) is 56.4 Å². The zero-order chi connectivity index (χ0) is 4.00. The van der Waals surface area contributed by atoms with Crippen LogP contribution in [0.3, 0.4) is 0 Å². The zero-order valence-corrected chi connectivity index (χ0v) is 6.86. The topological polar surface area (TPSA) is 0 Å². The van der Waals surface area contributed by atoms with Crippen LogP contribution in [-0.4, -0.2) is 0 Å². The SMILES string of the molecule is [Co][Br].[Mn][Br]. The van der Waals surface area contributed by atoms with E-state index in [0.29, 0.717) is 0 Å². The molecule has 0 aromatic heterocycles. The number of hydrogen-bond acceptors (Lipinski definition) is 0. The summed E-state index contributed by atoms with van der Waals surface area (Å²) in [6, 6.07) is 0. The Balaban J connectivity index is 0. The molecule has 0 radical (unpaired) electrons. The fraction of sp³-hybridized carbons (Fsp3) is 0. The molecule has 0 amide bonds. The molecule has 0 saturated carbocycles. The quantitative estimate of drug-likeness (QED) is 0.589. The van der Waals surface area contributed by atoms with E-state index in [4.69, 9.17) is 0 Å². The van der Waals surface area contributed by atoms with Gasteiger partial charge in [-0.25, -0.2) is 0 Å². The second-order valence-corrected chi connectivity index (χ2v) is 0. The third-order valence-corrected chi connectivity index (χ3v) is 0. The Morgan fingerprint density at radius 1 is 1.25 bits per heavy atom. The Labute approximate surface area is 55.9 Å². The summed E-state index contributed by atoms with van der Waals surface area (Å²) in [6.45, 7) is 0. The van der Waals surface area contributed by atoms with Gasteiger partial charge < -0.3 is 0 Å². The molecule has 0 aliphatic heterocycles. The van der Waals surface area contributed by atoms with Crippen LogP contribution in [0.4, 0.5) is 0 Å². The Morgan fingerprint density at radius 2 is 1.25 bits per heavy atom. The van der Waals surface area contributed by atoms with Crippen molar-refractivity contribution >= 4 is 28.3 Å². The van der Waals surface area contributed by atoms with Gasteiger partial charge in [0.05, 0.1) is 0 Å². The molecule has 4 heavy (non-hydrogen) atoms. The van der Waals surface area contributed by atoms with Crippen molar-refractivity contribution in [2.45, 2.75) is 0 Å². The van der Waals surface area contributed by atoms with Crippen LogP contribution in [0.1, 0.15) is 0 Å². The number of halogens is 2. The molecule has 0 atom stereocenters. The van der Waals surface area contributed by atoms with Crippen molar-refractivity contribution < 1.29 is 28.2 Å². The Bertz CT molecular complexity index is 6.00. The first-order chi connectivity index (χ1) is 2.00. The molecule has 0 aliphatic carbocycles. The van der Waals surface area contributed by atoms with Gasteiger partial charge in [0.1, 0.15) is 0 Å². The predicted octanol–water partition coefficient (Wildman–Crippen LogP) is 1.69. The van der Waals surface area contributed by atoms with E-state index in [-0.39, 0.29) is 0 Å². The van der Waals surface area contributed by atoms with E-state index in [0.717, 1.165) is 0 Å².